The third kappa shape index (κ3) is 6.71. The van der Waals surface area contributed by atoms with Gasteiger partial charge >= 0.3 is 0 Å². The van der Waals surface area contributed by atoms with Crippen LogP contribution in [0, 0.1) is 6.92 Å². The summed E-state index contributed by atoms with van der Waals surface area (Å²) in [6.45, 7) is 11.3. The molecule has 0 saturated carbocycles. The summed E-state index contributed by atoms with van der Waals surface area (Å²) >= 11 is 0. The van der Waals surface area contributed by atoms with Gasteiger partial charge in [-0.15, -0.1) is 5.73 Å². The Morgan fingerprint density at radius 2 is 1.88 bits per heavy atom. The van der Waals surface area contributed by atoms with Gasteiger partial charge in [0.25, 0.3) is 0 Å². The lowest BCUT2D eigenvalue weighted by molar-refractivity contribution is 0.452. The minimum Gasteiger partial charge on any atom is -0.234 e. The van der Waals surface area contributed by atoms with Crippen LogP contribution in [-0.2, 0) is 21.0 Å². The van der Waals surface area contributed by atoms with Crippen molar-refractivity contribution >= 4 is 27.2 Å². The van der Waals surface area contributed by atoms with Gasteiger partial charge in [0.2, 0.25) is 10.0 Å². The Bertz CT molecular complexity index is 770. The molecule has 0 amide bonds. The van der Waals surface area contributed by atoms with Crippen LogP contribution < -0.4 is 0 Å². The molecule has 7 heteroatoms. The molecule has 0 spiro atoms. The topological polar surface area (TPSA) is 66.8 Å². The van der Waals surface area contributed by atoms with Crippen molar-refractivity contribution in [2.75, 3.05) is 13.1 Å². The first kappa shape index (κ1) is 21.5. The van der Waals surface area contributed by atoms with E-state index in [4.69, 9.17) is 0 Å². The molecule has 0 saturated heterocycles. The molecule has 138 valence electrons. The maximum Gasteiger partial charge on any atom is 0.243 e. The fourth-order valence-electron chi connectivity index (χ4n) is 1.82. The Hall–Kier alpha value is -1.53. The van der Waals surface area contributed by atoms with Crippen molar-refractivity contribution in [2.24, 2.45) is 4.40 Å². The van der Waals surface area contributed by atoms with Crippen molar-refractivity contribution in [2.45, 2.75) is 43.8 Å². The molecule has 0 heterocycles. The predicted octanol–water partition coefficient (Wildman–Crippen LogP) is 3.25. The molecule has 1 unspecified atom stereocenters. The van der Waals surface area contributed by atoms with Gasteiger partial charge in [-0.1, -0.05) is 24.3 Å². The summed E-state index contributed by atoms with van der Waals surface area (Å²) in [5.74, 6) is 0. The number of sulfonamides is 1. The predicted molar refractivity (Wildman–Crippen MR) is 105 cm³/mol. The second kappa shape index (κ2) is 9.25. The SMILES string of the molecule is C=C=CCN(CC/C=N/S(=O)C(C)(C)C)S(=O)(=O)c1ccc(C)cc1. The Labute approximate surface area is 153 Å². The molecule has 0 bridgehead atoms. The average molecular weight is 383 g/mol. The summed E-state index contributed by atoms with van der Waals surface area (Å²) in [4.78, 5) is 0.241. The first-order valence-corrected chi connectivity index (χ1v) is 10.5. The lowest BCUT2D eigenvalue weighted by Gasteiger charge is -2.20. The van der Waals surface area contributed by atoms with Crippen molar-refractivity contribution in [3.8, 4) is 0 Å². The van der Waals surface area contributed by atoms with Crippen LogP contribution in [0.15, 0.2) is 51.9 Å². The zero-order chi connectivity index (χ0) is 19.1. The van der Waals surface area contributed by atoms with E-state index in [9.17, 15) is 12.6 Å². The second-order valence-corrected chi connectivity index (χ2v) is 10.4. The number of benzene rings is 1. The summed E-state index contributed by atoms with van der Waals surface area (Å²) in [7, 11) is -4.97. The molecule has 0 aliphatic carbocycles. The van der Waals surface area contributed by atoms with E-state index >= 15 is 0 Å². The molecule has 25 heavy (non-hydrogen) atoms. The highest BCUT2D eigenvalue weighted by atomic mass is 32.2. The molecule has 5 nitrogen and oxygen atoms in total. The summed E-state index contributed by atoms with van der Waals surface area (Å²) in [5, 5.41) is 0. The van der Waals surface area contributed by atoms with E-state index in [1.807, 2.05) is 27.7 Å². The summed E-state index contributed by atoms with van der Waals surface area (Å²) < 4.78 is 42.4. The lowest BCUT2D eigenvalue weighted by Crippen LogP contribution is -2.32. The molecular formula is C18H26N2O3S2. The minimum atomic E-state index is -3.62. The normalized spacial score (nSPS) is 13.8. The van der Waals surface area contributed by atoms with Crippen molar-refractivity contribution in [3.63, 3.8) is 0 Å². The van der Waals surface area contributed by atoms with Crippen LogP contribution in [-0.4, -0.2) is 41.0 Å². The van der Waals surface area contributed by atoms with Crippen LogP contribution in [0.3, 0.4) is 0 Å². The molecule has 1 aromatic rings. The largest absolute Gasteiger partial charge is 0.243 e. The molecule has 0 aromatic heterocycles. The zero-order valence-corrected chi connectivity index (χ0v) is 16.9. The van der Waals surface area contributed by atoms with E-state index in [0.29, 0.717) is 6.42 Å². The summed E-state index contributed by atoms with van der Waals surface area (Å²) in [6.07, 6.45) is 3.46. The molecule has 0 radical (unpaired) electrons. The molecular weight excluding hydrogens is 356 g/mol. The van der Waals surface area contributed by atoms with Gasteiger partial charge in [0.1, 0.15) is 11.0 Å². The monoisotopic (exact) mass is 382 g/mol. The Kier molecular flexibility index (Phi) is 7.96. The van der Waals surface area contributed by atoms with Gasteiger partial charge in [-0.05, 0) is 52.3 Å². The highest BCUT2D eigenvalue weighted by molar-refractivity contribution is 7.89. The van der Waals surface area contributed by atoms with E-state index < -0.39 is 25.8 Å². The number of rotatable bonds is 8. The standard InChI is InChI=1S/C18H26N2O3S2/c1-6-7-14-20(15-8-13-19-24(21)18(3,4)5)25(22,23)17-11-9-16(2)10-12-17/h7,9-13H,1,8,14-15H2,2-5H3/b19-13+. The maximum absolute atomic E-state index is 12.8. The van der Waals surface area contributed by atoms with E-state index in [1.54, 1.807) is 30.3 Å². The van der Waals surface area contributed by atoms with Gasteiger partial charge in [0.15, 0.2) is 0 Å². The summed E-state index contributed by atoms with van der Waals surface area (Å²) in [5.41, 5.74) is 3.59. The van der Waals surface area contributed by atoms with Crippen molar-refractivity contribution in [1.82, 2.24) is 4.31 Å². The van der Waals surface area contributed by atoms with Crippen molar-refractivity contribution in [3.05, 3.63) is 48.2 Å². The van der Waals surface area contributed by atoms with Crippen molar-refractivity contribution in [1.29, 1.82) is 0 Å². The fraction of sp³-hybridized carbons (Fsp3) is 0.444. The third-order valence-electron chi connectivity index (χ3n) is 3.30. The van der Waals surface area contributed by atoms with Crippen LogP contribution in [0.5, 0.6) is 0 Å². The Balaban J connectivity index is 2.90. The van der Waals surface area contributed by atoms with E-state index in [0.717, 1.165) is 5.56 Å². The number of hydrogen-bond acceptors (Lipinski definition) is 3. The van der Waals surface area contributed by atoms with Crippen LogP contribution in [0.25, 0.3) is 0 Å². The van der Waals surface area contributed by atoms with Crippen LogP contribution in [0.2, 0.25) is 0 Å². The molecule has 1 aromatic carbocycles. The van der Waals surface area contributed by atoms with Gasteiger partial charge in [-0.25, -0.2) is 12.6 Å². The number of nitrogens with zero attached hydrogens (tertiary/aromatic N) is 2. The smallest absolute Gasteiger partial charge is 0.234 e. The molecule has 0 aliphatic heterocycles. The zero-order valence-electron chi connectivity index (χ0n) is 15.2. The second-order valence-electron chi connectivity index (χ2n) is 6.52. The van der Waals surface area contributed by atoms with Crippen molar-refractivity contribution < 1.29 is 12.6 Å². The summed E-state index contributed by atoms with van der Waals surface area (Å²) in [6, 6.07) is 6.72. The molecule has 0 fully saturated rings. The Morgan fingerprint density at radius 1 is 1.28 bits per heavy atom. The van der Waals surface area contributed by atoms with Gasteiger partial charge in [-0.3, -0.25) is 0 Å². The molecule has 0 N–H and O–H groups in total. The van der Waals surface area contributed by atoms with Crippen LogP contribution in [0.4, 0.5) is 0 Å². The first-order chi connectivity index (χ1) is 11.6. The Morgan fingerprint density at radius 3 is 2.40 bits per heavy atom. The quantitative estimate of drug-likeness (QED) is 0.512. The highest BCUT2D eigenvalue weighted by Gasteiger charge is 2.23. The van der Waals surface area contributed by atoms with E-state index in [2.05, 4.69) is 16.7 Å². The molecule has 1 rings (SSSR count). The van der Waals surface area contributed by atoms with E-state index in [1.165, 1.54) is 10.5 Å². The fourth-order valence-corrected chi connectivity index (χ4v) is 3.77. The van der Waals surface area contributed by atoms with Crippen LogP contribution in [0.1, 0.15) is 32.8 Å². The lowest BCUT2D eigenvalue weighted by atomic mass is 10.2. The van der Waals surface area contributed by atoms with Crippen LogP contribution >= 0.6 is 0 Å². The molecule has 0 aliphatic rings. The van der Waals surface area contributed by atoms with E-state index in [-0.39, 0.29) is 18.0 Å². The van der Waals surface area contributed by atoms with Gasteiger partial charge in [0, 0.05) is 19.3 Å². The number of aryl methyl sites for hydroxylation is 1. The highest BCUT2D eigenvalue weighted by Crippen LogP contribution is 2.17. The first-order valence-electron chi connectivity index (χ1n) is 7.94. The molecule has 1 atom stereocenters. The van der Waals surface area contributed by atoms with Gasteiger partial charge in [-0.2, -0.15) is 8.70 Å². The van der Waals surface area contributed by atoms with Gasteiger partial charge < -0.3 is 0 Å². The maximum atomic E-state index is 12.8. The average Bonchev–Trinajstić information content (AvgIpc) is 2.53. The van der Waals surface area contributed by atoms with Gasteiger partial charge in [0.05, 0.1) is 9.64 Å². The number of hydrogen-bond donors (Lipinski definition) is 0. The minimum absolute atomic E-state index is 0.176. The third-order valence-corrected chi connectivity index (χ3v) is 6.57.